The molecule has 0 bridgehead atoms. The Morgan fingerprint density at radius 3 is 2.88 bits per heavy atom. The van der Waals surface area contributed by atoms with Crippen LogP contribution in [0.4, 0.5) is 10.1 Å². The van der Waals surface area contributed by atoms with E-state index in [0.717, 1.165) is 11.4 Å². The molecule has 2 aliphatic rings. The summed E-state index contributed by atoms with van der Waals surface area (Å²) in [5.41, 5.74) is 2.32. The second kappa shape index (κ2) is 8.26. The maximum Gasteiger partial charge on any atom is 0.229 e. The Kier molecular flexibility index (Phi) is 5.28. The van der Waals surface area contributed by atoms with Crippen LogP contribution in [0.5, 0.6) is 0 Å². The Labute approximate surface area is 185 Å². The van der Waals surface area contributed by atoms with Gasteiger partial charge in [0.15, 0.2) is 0 Å². The van der Waals surface area contributed by atoms with Gasteiger partial charge >= 0.3 is 0 Å². The molecule has 0 saturated carbocycles. The van der Waals surface area contributed by atoms with E-state index in [9.17, 15) is 14.0 Å². The summed E-state index contributed by atoms with van der Waals surface area (Å²) < 4.78 is 16.0. The third kappa shape index (κ3) is 3.59. The number of fused-ring (bicyclic) bond motifs is 2. The van der Waals surface area contributed by atoms with E-state index in [0.29, 0.717) is 43.6 Å². The zero-order valence-electron chi connectivity index (χ0n) is 17.9. The zero-order chi connectivity index (χ0) is 22.2. The van der Waals surface area contributed by atoms with E-state index in [1.165, 1.54) is 6.07 Å². The van der Waals surface area contributed by atoms with Crippen LogP contribution >= 0.6 is 0 Å². The first kappa shape index (κ1) is 20.5. The summed E-state index contributed by atoms with van der Waals surface area (Å²) >= 11 is 0. The van der Waals surface area contributed by atoms with E-state index in [-0.39, 0.29) is 41.6 Å². The molecule has 164 valence electrons. The summed E-state index contributed by atoms with van der Waals surface area (Å²) in [7, 11) is 1.76. The molecule has 8 heteroatoms. The number of pyridine rings is 1. The van der Waals surface area contributed by atoms with Crippen molar-refractivity contribution in [1.29, 1.82) is 0 Å². The molecule has 0 spiro atoms. The number of hydrogen-bond donors (Lipinski definition) is 0. The summed E-state index contributed by atoms with van der Waals surface area (Å²) in [5, 5.41) is 4.37. The second-order valence-electron chi connectivity index (χ2n) is 8.44. The highest BCUT2D eigenvalue weighted by Crippen LogP contribution is 2.34. The standard InChI is InChI=1S/C24H24FN5O2/c1-29-20-7-4-13-26-19(20)10-8-15(24(29)32)9-11-21(31)22-27-23-17(12-14-30(23)28-22)16-5-2-3-6-18(16)25/h2-7,13,15,17H,8-12,14H2,1H3/t15-,17+/m1/s1. The van der Waals surface area contributed by atoms with Crippen LogP contribution in [-0.2, 0) is 17.8 Å². The second-order valence-corrected chi connectivity index (χ2v) is 8.44. The third-order valence-corrected chi connectivity index (χ3v) is 6.53. The van der Waals surface area contributed by atoms with Crippen molar-refractivity contribution in [3.8, 4) is 0 Å². The molecule has 7 nitrogen and oxygen atoms in total. The Morgan fingerprint density at radius 2 is 2.03 bits per heavy atom. The number of amides is 1. The third-order valence-electron chi connectivity index (χ3n) is 6.53. The molecule has 3 aromatic rings. The number of anilines is 1. The van der Waals surface area contributed by atoms with E-state index in [2.05, 4.69) is 15.1 Å². The molecule has 2 atom stereocenters. The highest BCUT2D eigenvalue weighted by Gasteiger charge is 2.32. The lowest BCUT2D eigenvalue weighted by molar-refractivity contribution is -0.122. The molecule has 2 aliphatic heterocycles. The summed E-state index contributed by atoms with van der Waals surface area (Å²) in [6.45, 7) is 0.603. The van der Waals surface area contributed by atoms with Gasteiger partial charge in [0.1, 0.15) is 11.6 Å². The molecule has 2 aromatic heterocycles. The van der Waals surface area contributed by atoms with Crippen molar-refractivity contribution < 1.29 is 14.0 Å². The minimum atomic E-state index is -0.270. The molecule has 0 aliphatic carbocycles. The minimum Gasteiger partial charge on any atom is -0.313 e. The summed E-state index contributed by atoms with van der Waals surface area (Å²) in [6.07, 6.45) is 4.44. The fourth-order valence-electron chi connectivity index (χ4n) is 4.77. The molecule has 1 amide bonds. The van der Waals surface area contributed by atoms with Crippen LogP contribution in [0.2, 0.25) is 0 Å². The number of aryl methyl sites for hydroxylation is 2. The van der Waals surface area contributed by atoms with E-state index in [4.69, 9.17) is 0 Å². The van der Waals surface area contributed by atoms with Crippen LogP contribution in [0.3, 0.4) is 0 Å². The lowest BCUT2D eigenvalue weighted by Crippen LogP contribution is -2.32. The number of ketones is 1. The van der Waals surface area contributed by atoms with Crippen LogP contribution in [0.1, 0.15) is 59.3 Å². The van der Waals surface area contributed by atoms with Gasteiger partial charge in [-0.1, -0.05) is 18.2 Å². The predicted molar refractivity (Wildman–Crippen MR) is 116 cm³/mol. The monoisotopic (exact) mass is 433 g/mol. The molecule has 0 fully saturated rings. The first-order valence-corrected chi connectivity index (χ1v) is 11.0. The molecule has 0 N–H and O–H groups in total. The minimum absolute atomic E-state index is 0.00413. The Balaban J connectivity index is 1.28. The highest BCUT2D eigenvalue weighted by atomic mass is 19.1. The smallest absolute Gasteiger partial charge is 0.229 e. The van der Waals surface area contributed by atoms with Crippen molar-refractivity contribution in [2.45, 2.75) is 44.6 Å². The van der Waals surface area contributed by atoms with Gasteiger partial charge in [0.2, 0.25) is 17.5 Å². The molecular weight excluding hydrogens is 409 g/mol. The van der Waals surface area contributed by atoms with Crippen LogP contribution in [-0.4, -0.2) is 38.5 Å². The average Bonchev–Trinajstić information content (AvgIpc) is 3.37. The normalized spacial score (nSPS) is 20.1. The summed E-state index contributed by atoms with van der Waals surface area (Å²) in [6, 6.07) is 10.4. The van der Waals surface area contributed by atoms with Crippen LogP contribution < -0.4 is 4.90 Å². The van der Waals surface area contributed by atoms with Gasteiger partial charge in [0, 0.05) is 38.0 Å². The number of Topliss-reactive ketones (excluding diaryl/α,β-unsaturated/α-hetero) is 1. The average molecular weight is 433 g/mol. The lowest BCUT2D eigenvalue weighted by atomic mass is 9.95. The number of hydrogen-bond acceptors (Lipinski definition) is 5. The maximum atomic E-state index is 14.3. The van der Waals surface area contributed by atoms with Gasteiger partial charge in [-0.15, -0.1) is 5.10 Å². The van der Waals surface area contributed by atoms with Crippen LogP contribution in [0.15, 0.2) is 42.6 Å². The summed E-state index contributed by atoms with van der Waals surface area (Å²) in [4.78, 5) is 36.3. The largest absolute Gasteiger partial charge is 0.313 e. The fraction of sp³-hybridized carbons (Fsp3) is 0.375. The molecule has 5 rings (SSSR count). The summed E-state index contributed by atoms with van der Waals surface area (Å²) in [5.74, 6) is -0.120. The lowest BCUT2D eigenvalue weighted by Gasteiger charge is -2.20. The number of rotatable bonds is 5. The molecule has 0 saturated heterocycles. The number of aromatic nitrogens is 4. The van der Waals surface area contributed by atoms with Crippen molar-refractivity contribution in [1.82, 2.24) is 19.7 Å². The van der Waals surface area contributed by atoms with Gasteiger partial charge in [-0.05, 0) is 49.4 Å². The van der Waals surface area contributed by atoms with E-state index < -0.39 is 0 Å². The van der Waals surface area contributed by atoms with Crippen molar-refractivity contribution in [3.05, 3.63) is 71.3 Å². The first-order chi connectivity index (χ1) is 15.5. The van der Waals surface area contributed by atoms with Gasteiger partial charge in [0.25, 0.3) is 0 Å². The Hall–Kier alpha value is -3.42. The number of nitrogens with zero attached hydrogens (tertiary/aromatic N) is 5. The predicted octanol–water partition coefficient (Wildman–Crippen LogP) is 3.54. The maximum absolute atomic E-state index is 14.3. The molecule has 0 radical (unpaired) electrons. The van der Waals surface area contributed by atoms with Crippen molar-refractivity contribution in [2.24, 2.45) is 5.92 Å². The van der Waals surface area contributed by atoms with Crippen molar-refractivity contribution >= 4 is 17.4 Å². The first-order valence-electron chi connectivity index (χ1n) is 11.0. The van der Waals surface area contributed by atoms with Gasteiger partial charge in [-0.2, -0.15) is 0 Å². The van der Waals surface area contributed by atoms with Gasteiger partial charge in [-0.3, -0.25) is 14.6 Å². The number of halogens is 1. The molecule has 4 heterocycles. The Morgan fingerprint density at radius 1 is 1.19 bits per heavy atom. The van der Waals surface area contributed by atoms with Gasteiger partial charge < -0.3 is 4.90 Å². The van der Waals surface area contributed by atoms with E-state index in [1.807, 2.05) is 12.1 Å². The molecule has 1 aromatic carbocycles. The number of carbonyl (C=O) groups is 2. The van der Waals surface area contributed by atoms with Crippen LogP contribution in [0, 0.1) is 11.7 Å². The topological polar surface area (TPSA) is 81.0 Å². The van der Waals surface area contributed by atoms with Crippen LogP contribution in [0.25, 0.3) is 0 Å². The fourth-order valence-corrected chi connectivity index (χ4v) is 4.77. The van der Waals surface area contributed by atoms with Gasteiger partial charge in [-0.25, -0.2) is 14.1 Å². The Bertz CT molecular complexity index is 1190. The molecule has 0 unspecified atom stereocenters. The quantitative estimate of drug-likeness (QED) is 0.575. The highest BCUT2D eigenvalue weighted by molar-refractivity contribution is 5.97. The van der Waals surface area contributed by atoms with E-state index in [1.54, 1.807) is 41.0 Å². The number of benzene rings is 1. The SMILES string of the molecule is CN1C(=O)[C@@H](CCC(=O)c2nc3n(n2)CC[C@H]3c2ccccc2F)CCc2ncccc21. The van der Waals surface area contributed by atoms with E-state index >= 15 is 0 Å². The zero-order valence-corrected chi connectivity index (χ0v) is 17.9. The van der Waals surface area contributed by atoms with Crippen molar-refractivity contribution in [3.63, 3.8) is 0 Å². The molecular formula is C24H24FN5O2. The van der Waals surface area contributed by atoms with Gasteiger partial charge in [0.05, 0.1) is 11.4 Å². The molecule has 32 heavy (non-hydrogen) atoms. The number of carbonyl (C=O) groups excluding carboxylic acids is 2. The van der Waals surface area contributed by atoms with Crippen molar-refractivity contribution in [2.75, 3.05) is 11.9 Å².